The number of methoxy groups -OCH3 is 1. The molecule has 0 aliphatic carbocycles. The van der Waals surface area contributed by atoms with Gasteiger partial charge in [-0.2, -0.15) is 5.10 Å². The Bertz CT molecular complexity index is 622. The summed E-state index contributed by atoms with van der Waals surface area (Å²) in [4.78, 5) is 14.1. The van der Waals surface area contributed by atoms with E-state index < -0.39 is 0 Å². The number of amides is 1. The van der Waals surface area contributed by atoms with E-state index in [0.29, 0.717) is 12.1 Å². The van der Waals surface area contributed by atoms with Crippen molar-refractivity contribution in [1.82, 2.24) is 14.7 Å². The third-order valence-corrected chi connectivity index (χ3v) is 3.93. The Hall–Kier alpha value is -1.82. The normalized spacial score (nSPS) is 10.5. The van der Waals surface area contributed by atoms with Gasteiger partial charge < -0.3 is 9.64 Å². The molecule has 2 aromatic rings. The molecule has 5 nitrogen and oxygen atoms in total. The van der Waals surface area contributed by atoms with Gasteiger partial charge in [-0.15, -0.1) is 0 Å². The zero-order valence-electron chi connectivity index (χ0n) is 12.3. The second-order valence-corrected chi connectivity index (χ2v) is 5.50. The lowest BCUT2D eigenvalue weighted by Crippen LogP contribution is -2.27. The van der Waals surface area contributed by atoms with Gasteiger partial charge in [0.15, 0.2) is 0 Å². The van der Waals surface area contributed by atoms with E-state index in [1.807, 2.05) is 11.6 Å². The Labute approximate surface area is 132 Å². The van der Waals surface area contributed by atoms with Gasteiger partial charge >= 0.3 is 0 Å². The molecule has 0 radical (unpaired) electrons. The topological polar surface area (TPSA) is 47.4 Å². The third-order valence-electron chi connectivity index (χ3n) is 3.27. The lowest BCUT2D eigenvalue weighted by atomic mass is 10.2. The molecule has 0 unspecified atom stereocenters. The first kappa shape index (κ1) is 15.6. The van der Waals surface area contributed by atoms with Gasteiger partial charge in [-0.25, -0.2) is 0 Å². The predicted octanol–water partition coefficient (Wildman–Crippen LogP) is 2.95. The summed E-state index contributed by atoms with van der Waals surface area (Å²) in [6.45, 7) is 3.29. The summed E-state index contributed by atoms with van der Waals surface area (Å²) in [6, 6.07) is 7.11. The van der Waals surface area contributed by atoms with Crippen molar-refractivity contribution in [2.24, 2.45) is 0 Å². The Morgan fingerprint density at radius 1 is 1.38 bits per heavy atom. The summed E-state index contributed by atoms with van der Waals surface area (Å²) in [5.74, 6) is 0.703. The summed E-state index contributed by atoms with van der Waals surface area (Å²) in [5.41, 5.74) is 1.62. The monoisotopic (exact) mass is 351 g/mol. The van der Waals surface area contributed by atoms with Gasteiger partial charge in [0, 0.05) is 19.2 Å². The number of carbonyl (C=O) groups is 1. The number of nitrogens with zero attached hydrogens (tertiary/aromatic N) is 3. The molecule has 1 heterocycles. The molecule has 0 N–H and O–H groups in total. The van der Waals surface area contributed by atoms with E-state index in [0.717, 1.165) is 22.5 Å². The number of aromatic nitrogens is 2. The lowest BCUT2D eigenvalue weighted by Gasteiger charge is -2.18. The van der Waals surface area contributed by atoms with Crippen molar-refractivity contribution in [3.63, 3.8) is 0 Å². The maximum Gasteiger partial charge on any atom is 0.253 e. The minimum absolute atomic E-state index is 0.0339. The molecule has 0 aliphatic heterocycles. The first-order chi connectivity index (χ1) is 10.1. The molecule has 21 heavy (non-hydrogen) atoms. The quantitative estimate of drug-likeness (QED) is 0.831. The van der Waals surface area contributed by atoms with Crippen molar-refractivity contribution >= 4 is 21.8 Å². The molecular weight excluding hydrogens is 334 g/mol. The van der Waals surface area contributed by atoms with Crippen LogP contribution < -0.4 is 4.74 Å². The smallest absolute Gasteiger partial charge is 0.253 e. The van der Waals surface area contributed by atoms with Crippen LogP contribution in [0.15, 0.2) is 34.9 Å². The van der Waals surface area contributed by atoms with Crippen LogP contribution in [0.25, 0.3) is 0 Å². The Morgan fingerprint density at radius 3 is 2.62 bits per heavy atom. The number of ether oxygens (including phenoxy) is 1. The van der Waals surface area contributed by atoms with Crippen molar-refractivity contribution in [2.75, 3.05) is 14.2 Å². The lowest BCUT2D eigenvalue weighted by molar-refractivity contribution is 0.0781. The van der Waals surface area contributed by atoms with E-state index in [1.165, 1.54) is 0 Å². The molecule has 6 heteroatoms. The summed E-state index contributed by atoms with van der Waals surface area (Å²) in [7, 11) is 3.39. The molecule has 0 aliphatic rings. The maximum atomic E-state index is 12.4. The van der Waals surface area contributed by atoms with Crippen molar-refractivity contribution in [1.29, 1.82) is 0 Å². The molecule has 0 fully saturated rings. The van der Waals surface area contributed by atoms with Crippen LogP contribution in [0.5, 0.6) is 5.75 Å². The number of carbonyl (C=O) groups excluding carboxylic acids is 1. The Kier molecular flexibility index (Phi) is 5.01. The summed E-state index contributed by atoms with van der Waals surface area (Å²) < 4.78 is 7.89. The molecule has 0 spiro atoms. The van der Waals surface area contributed by atoms with E-state index in [9.17, 15) is 4.79 Å². The second-order valence-electron chi connectivity index (χ2n) is 4.64. The maximum absolute atomic E-state index is 12.4. The molecule has 112 valence electrons. The van der Waals surface area contributed by atoms with Crippen LogP contribution in [0.2, 0.25) is 0 Å². The van der Waals surface area contributed by atoms with Gasteiger partial charge in [0.1, 0.15) is 5.75 Å². The van der Waals surface area contributed by atoms with Gasteiger partial charge in [-0.3, -0.25) is 9.48 Å². The average molecular weight is 352 g/mol. The van der Waals surface area contributed by atoms with Crippen LogP contribution in [0.3, 0.4) is 0 Å². The highest BCUT2D eigenvalue weighted by atomic mass is 79.9. The van der Waals surface area contributed by atoms with Gasteiger partial charge in [0.05, 0.1) is 30.0 Å². The second kappa shape index (κ2) is 6.76. The van der Waals surface area contributed by atoms with Crippen molar-refractivity contribution in [3.05, 3.63) is 46.2 Å². The molecule has 0 bridgehead atoms. The standard InChI is InChI=1S/C15H18BrN3O2/c1-4-19-14(13(16)9-17-19)10-18(2)15(20)11-5-7-12(21-3)8-6-11/h5-9H,4,10H2,1-3H3. The molecule has 2 rings (SSSR count). The van der Waals surface area contributed by atoms with Gasteiger partial charge in [-0.05, 0) is 47.1 Å². The van der Waals surface area contributed by atoms with Crippen LogP contribution >= 0.6 is 15.9 Å². The number of hydrogen-bond donors (Lipinski definition) is 0. The summed E-state index contributed by atoms with van der Waals surface area (Å²) in [5, 5.41) is 4.26. The molecular formula is C15H18BrN3O2. The molecule has 0 atom stereocenters. The van der Waals surface area contributed by atoms with Crippen LogP contribution in [-0.4, -0.2) is 34.7 Å². The molecule has 1 aromatic heterocycles. The number of aryl methyl sites for hydroxylation is 1. The minimum Gasteiger partial charge on any atom is -0.497 e. The molecule has 1 amide bonds. The predicted molar refractivity (Wildman–Crippen MR) is 84.4 cm³/mol. The van der Waals surface area contributed by atoms with E-state index in [-0.39, 0.29) is 5.91 Å². The highest BCUT2D eigenvalue weighted by molar-refractivity contribution is 9.10. The Morgan fingerprint density at radius 2 is 2.05 bits per heavy atom. The van der Waals surface area contributed by atoms with Crippen LogP contribution in [-0.2, 0) is 13.1 Å². The molecule has 0 saturated heterocycles. The average Bonchev–Trinajstić information content (AvgIpc) is 2.87. The van der Waals surface area contributed by atoms with Crippen LogP contribution in [0.4, 0.5) is 0 Å². The van der Waals surface area contributed by atoms with Gasteiger partial charge in [0.25, 0.3) is 5.91 Å². The molecule has 1 aromatic carbocycles. The van der Waals surface area contributed by atoms with Crippen LogP contribution in [0, 0.1) is 0 Å². The highest BCUT2D eigenvalue weighted by Crippen LogP contribution is 2.19. The fourth-order valence-electron chi connectivity index (χ4n) is 2.07. The van der Waals surface area contributed by atoms with E-state index >= 15 is 0 Å². The fraction of sp³-hybridized carbons (Fsp3) is 0.333. The van der Waals surface area contributed by atoms with Crippen molar-refractivity contribution in [3.8, 4) is 5.75 Å². The summed E-state index contributed by atoms with van der Waals surface area (Å²) in [6.07, 6.45) is 1.75. The zero-order chi connectivity index (χ0) is 15.4. The highest BCUT2D eigenvalue weighted by Gasteiger charge is 2.16. The Balaban J connectivity index is 2.13. The first-order valence-corrected chi connectivity index (χ1v) is 7.45. The SMILES string of the molecule is CCn1ncc(Br)c1CN(C)C(=O)c1ccc(OC)cc1. The molecule has 0 saturated carbocycles. The van der Waals surface area contributed by atoms with E-state index in [1.54, 1.807) is 49.5 Å². The number of benzene rings is 1. The number of hydrogen-bond acceptors (Lipinski definition) is 3. The fourth-order valence-corrected chi connectivity index (χ4v) is 2.49. The van der Waals surface area contributed by atoms with E-state index in [4.69, 9.17) is 4.74 Å². The third kappa shape index (κ3) is 3.44. The van der Waals surface area contributed by atoms with Gasteiger partial charge in [0.2, 0.25) is 0 Å². The van der Waals surface area contributed by atoms with E-state index in [2.05, 4.69) is 21.0 Å². The zero-order valence-corrected chi connectivity index (χ0v) is 13.9. The number of rotatable bonds is 5. The van der Waals surface area contributed by atoms with Crippen molar-refractivity contribution in [2.45, 2.75) is 20.0 Å². The minimum atomic E-state index is -0.0339. The number of halogens is 1. The summed E-state index contributed by atoms with van der Waals surface area (Å²) >= 11 is 3.47. The largest absolute Gasteiger partial charge is 0.497 e. The van der Waals surface area contributed by atoms with Gasteiger partial charge in [-0.1, -0.05) is 0 Å². The van der Waals surface area contributed by atoms with Crippen molar-refractivity contribution < 1.29 is 9.53 Å². The first-order valence-electron chi connectivity index (χ1n) is 6.66. The van der Waals surface area contributed by atoms with Crippen LogP contribution in [0.1, 0.15) is 23.0 Å².